The van der Waals surface area contributed by atoms with Gasteiger partial charge < -0.3 is 4.74 Å². The minimum atomic E-state index is -0.498. The van der Waals surface area contributed by atoms with Gasteiger partial charge in [0, 0.05) is 9.50 Å². The summed E-state index contributed by atoms with van der Waals surface area (Å²) in [6.07, 6.45) is 0. The second kappa shape index (κ2) is 5.74. The Hall–Kier alpha value is -1.03. The monoisotopic (exact) mass is 344 g/mol. The first-order valence-corrected chi connectivity index (χ1v) is 6.54. The van der Waals surface area contributed by atoms with Crippen LogP contribution in [-0.2, 0) is 0 Å². The Balaban J connectivity index is 2.21. The fraction of sp³-hybridized carbons (Fsp3) is 0. The Labute approximate surface area is 123 Å². The average Bonchev–Trinajstić information content (AvgIpc) is 2.32. The zero-order valence-electron chi connectivity index (χ0n) is 8.99. The average molecular weight is 346 g/mol. The highest BCUT2D eigenvalue weighted by molar-refractivity contribution is 9.10. The van der Waals surface area contributed by atoms with Crippen molar-refractivity contribution >= 4 is 45.1 Å². The molecular weight excluding hydrogens is 339 g/mol. The molecule has 2 rings (SSSR count). The van der Waals surface area contributed by atoms with Crippen molar-refractivity contribution in [1.82, 2.24) is 0 Å². The highest BCUT2D eigenvalue weighted by Crippen LogP contribution is 2.28. The maximum Gasteiger partial charge on any atom is 0.343 e. The van der Waals surface area contributed by atoms with E-state index in [1.54, 1.807) is 36.4 Å². The van der Waals surface area contributed by atoms with Crippen LogP contribution < -0.4 is 4.74 Å². The molecule has 0 aliphatic rings. The predicted octanol–water partition coefficient (Wildman–Crippen LogP) is 4.98. The Bertz CT molecular complexity index is 599. The molecule has 0 saturated heterocycles. The molecule has 2 aromatic rings. The molecule has 0 N–H and O–H groups in total. The Morgan fingerprint density at radius 1 is 1.11 bits per heavy atom. The van der Waals surface area contributed by atoms with E-state index < -0.39 is 5.97 Å². The van der Waals surface area contributed by atoms with Gasteiger partial charge in [-0.15, -0.1) is 0 Å². The molecular formula is C13H7BrCl2O2. The van der Waals surface area contributed by atoms with Gasteiger partial charge in [0.1, 0.15) is 5.75 Å². The number of halogens is 3. The SMILES string of the molecule is O=C(Oc1ccc(Br)cc1Cl)c1cccc(Cl)c1. The first-order valence-electron chi connectivity index (χ1n) is 4.99. The smallest absolute Gasteiger partial charge is 0.343 e. The van der Waals surface area contributed by atoms with Crippen LogP contribution >= 0.6 is 39.1 Å². The van der Waals surface area contributed by atoms with Crippen LogP contribution in [0.4, 0.5) is 0 Å². The van der Waals surface area contributed by atoms with Crippen LogP contribution in [0.15, 0.2) is 46.9 Å². The van der Waals surface area contributed by atoms with Crippen molar-refractivity contribution in [2.75, 3.05) is 0 Å². The molecule has 0 unspecified atom stereocenters. The van der Waals surface area contributed by atoms with E-state index in [-0.39, 0.29) is 0 Å². The third kappa shape index (κ3) is 3.25. The Morgan fingerprint density at radius 2 is 1.89 bits per heavy atom. The number of rotatable bonds is 2. The summed E-state index contributed by atoms with van der Waals surface area (Å²) in [6, 6.07) is 11.5. The number of carbonyl (C=O) groups is 1. The molecule has 92 valence electrons. The van der Waals surface area contributed by atoms with Crippen LogP contribution in [-0.4, -0.2) is 5.97 Å². The second-order valence-electron chi connectivity index (χ2n) is 3.47. The van der Waals surface area contributed by atoms with Crippen molar-refractivity contribution in [2.45, 2.75) is 0 Å². The third-order valence-corrected chi connectivity index (χ3v) is 3.18. The van der Waals surface area contributed by atoms with E-state index in [2.05, 4.69) is 15.9 Å². The first-order chi connectivity index (χ1) is 8.56. The van der Waals surface area contributed by atoms with Crippen LogP contribution in [0.25, 0.3) is 0 Å². The van der Waals surface area contributed by atoms with Gasteiger partial charge in [0.25, 0.3) is 0 Å². The van der Waals surface area contributed by atoms with Gasteiger partial charge in [-0.2, -0.15) is 0 Å². The molecule has 0 aromatic heterocycles. The third-order valence-electron chi connectivity index (χ3n) is 2.16. The van der Waals surface area contributed by atoms with Gasteiger partial charge in [-0.05, 0) is 36.4 Å². The summed E-state index contributed by atoms with van der Waals surface area (Å²) >= 11 is 15.0. The molecule has 0 radical (unpaired) electrons. The lowest BCUT2D eigenvalue weighted by Gasteiger charge is -2.06. The van der Waals surface area contributed by atoms with Crippen LogP contribution in [0, 0.1) is 0 Å². The highest BCUT2D eigenvalue weighted by atomic mass is 79.9. The lowest BCUT2D eigenvalue weighted by molar-refractivity contribution is 0.0735. The number of hydrogen-bond donors (Lipinski definition) is 0. The van der Waals surface area contributed by atoms with E-state index in [1.165, 1.54) is 6.07 Å². The number of esters is 1. The lowest BCUT2D eigenvalue weighted by Crippen LogP contribution is -2.08. The second-order valence-corrected chi connectivity index (χ2v) is 5.23. The molecule has 18 heavy (non-hydrogen) atoms. The summed E-state index contributed by atoms with van der Waals surface area (Å²) in [5.74, 6) is -0.188. The van der Waals surface area contributed by atoms with Gasteiger partial charge in [-0.3, -0.25) is 0 Å². The molecule has 0 bridgehead atoms. The minimum Gasteiger partial charge on any atom is -0.421 e. The highest BCUT2D eigenvalue weighted by Gasteiger charge is 2.11. The summed E-state index contributed by atoms with van der Waals surface area (Å²) in [5.41, 5.74) is 0.376. The van der Waals surface area contributed by atoms with Gasteiger partial charge in [-0.1, -0.05) is 45.2 Å². The molecule has 0 aliphatic heterocycles. The van der Waals surface area contributed by atoms with E-state index >= 15 is 0 Å². The molecule has 0 atom stereocenters. The number of carbonyl (C=O) groups excluding carboxylic acids is 1. The van der Waals surface area contributed by atoms with Crippen molar-refractivity contribution < 1.29 is 9.53 Å². The maximum atomic E-state index is 11.9. The van der Waals surface area contributed by atoms with Crippen molar-refractivity contribution in [2.24, 2.45) is 0 Å². The number of ether oxygens (including phenoxy) is 1. The van der Waals surface area contributed by atoms with Crippen molar-refractivity contribution in [3.63, 3.8) is 0 Å². The fourth-order valence-corrected chi connectivity index (χ4v) is 2.23. The fourth-order valence-electron chi connectivity index (χ4n) is 1.33. The van der Waals surface area contributed by atoms with E-state index in [1.807, 2.05) is 0 Å². The molecule has 5 heteroatoms. The molecule has 0 amide bonds. The molecule has 0 saturated carbocycles. The summed E-state index contributed by atoms with van der Waals surface area (Å²) in [4.78, 5) is 11.9. The molecule has 2 aromatic carbocycles. The minimum absolute atomic E-state index is 0.310. The summed E-state index contributed by atoms with van der Waals surface area (Å²) in [5, 5.41) is 0.839. The summed E-state index contributed by atoms with van der Waals surface area (Å²) < 4.78 is 6.01. The predicted molar refractivity (Wildman–Crippen MR) is 75.6 cm³/mol. The van der Waals surface area contributed by atoms with E-state index in [0.29, 0.717) is 21.4 Å². The van der Waals surface area contributed by atoms with Gasteiger partial charge in [-0.25, -0.2) is 4.79 Å². The van der Waals surface area contributed by atoms with Gasteiger partial charge in [0.05, 0.1) is 10.6 Å². The number of hydrogen-bond acceptors (Lipinski definition) is 2. The number of benzene rings is 2. The molecule has 2 nitrogen and oxygen atoms in total. The lowest BCUT2D eigenvalue weighted by atomic mass is 10.2. The Kier molecular flexibility index (Phi) is 4.27. The molecule has 0 spiro atoms. The summed E-state index contributed by atoms with van der Waals surface area (Å²) in [6.45, 7) is 0. The van der Waals surface area contributed by atoms with Gasteiger partial charge >= 0.3 is 5.97 Å². The molecule has 0 fully saturated rings. The van der Waals surface area contributed by atoms with E-state index in [0.717, 1.165) is 4.47 Å². The van der Waals surface area contributed by atoms with Crippen molar-refractivity contribution in [1.29, 1.82) is 0 Å². The first kappa shape index (κ1) is 13.4. The largest absolute Gasteiger partial charge is 0.421 e. The summed E-state index contributed by atoms with van der Waals surface area (Å²) in [7, 11) is 0. The van der Waals surface area contributed by atoms with Crippen LogP contribution in [0.2, 0.25) is 10.0 Å². The molecule has 0 heterocycles. The maximum absolute atomic E-state index is 11.9. The van der Waals surface area contributed by atoms with Gasteiger partial charge in [0.2, 0.25) is 0 Å². The van der Waals surface area contributed by atoms with Crippen LogP contribution in [0.3, 0.4) is 0 Å². The quantitative estimate of drug-likeness (QED) is 0.567. The van der Waals surface area contributed by atoms with Crippen molar-refractivity contribution in [3.8, 4) is 5.75 Å². The molecule has 0 aliphatic carbocycles. The van der Waals surface area contributed by atoms with Gasteiger partial charge in [0.15, 0.2) is 0 Å². The van der Waals surface area contributed by atoms with Crippen molar-refractivity contribution in [3.05, 3.63) is 62.5 Å². The van der Waals surface area contributed by atoms with E-state index in [9.17, 15) is 4.79 Å². The standard InChI is InChI=1S/C13H7BrCl2O2/c14-9-4-5-12(11(16)7-9)18-13(17)8-2-1-3-10(15)6-8/h1-7H. The van der Waals surface area contributed by atoms with Crippen LogP contribution in [0.5, 0.6) is 5.75 Å². The Morgan fingerprint density at radius 3 is 2.56 bits per heavy atom. The topological polar surface area (TPSA) is 26.3 Å². The zero-order valence-corrected chi connectivity index (χ0v) is 12.1. The van der Waals surface area contributed by atoms with E-state index in [4.69, 9.17) is 27.9 Å². The zero-order chi connectivity index (χ0) is 13.1. The normalized spacial score (nSPS) is 10.2. The van der Waals surface area contributed by atoms with Crippen LogP contribution in [0.1, 0.15) is 10.4 Å².